The van der Waals surface area contributed by atoms with Crippen LogP contribution in [0.3, 0.4) is 0 Å². The van der Waals surface area contributed by atoms with Crippen LogP contribution in [0.15, 0.2) is 12.2 Å². The number of fused-ring (bicyclic) bond motifs is 5. The Hall–Kier alpha value is -6.52. The molecule has 0 bridgehead atoms. The van der Waals surface area contributed by atoms with Crippen molar-refractivity contribution in [1.82, 2.24) is 52.8 Å². The largest absolute Gasteiger partial charge is 0.394 e. The van der Waals surface area contributed by atoms with Gasteiger partial charge in [0.1, 0.15) is 78.6 Å². The second kappa shape index (κ2) is 73.1. The zero-order chi connectivity index (χ0) is 109. The van der Waals surface area contributed by atoms with Crippen LogP contribution in [0.2, 0.25) is 0 Å². The molecule has 150 heavy (non-hydrogen) atoms. The molecule has 3 heterocycles. The van der Waals surface area contributed by atoms with Gasteiger partial charge in [0.2, 0.25) is 59.1 Å². The van der Waals surface area contributed by atoms with Crippen LogP contribution >= 0.6 is 0 Å². The predicted molar refractivity (Wildman–Crippen MR) is 549 cm³/mol. The quantitative estimate of drug-likeness (QED) is 0.0306. The van der Waals surface area contributed by atoms with Crippen molar-refractivity contribution >= 4 is 59.1 Å². The van der Waals surface area contributed by atoms with Gasteiger partial charge in [0.05, 0.1) is 165 Å². The number of aliphatic hydroxyl groups is 9. The van der Waals surface area contributed by atoms with E-state index in [0.29, 0.717) is 74.2 Å². The van der Waals surface area contributed by atoms with E-state index in [2.05, 4.69) is 87.7 Å². The number of amides is 10. The molecule has 7 rings (SSSR count). The minimum atomic E-state index is -1.49. The van der Waals surface area contributed by atoms with Crippen LogP contribution in [-0.2, 0) is 119 Å². The zero-order valence-corrected chi connectivity index (χ0v) is 90.7. The van der Waals surface area contributed by atoms with Gasteiger partial charge in [0.15, 0.2) is 18.9 Å². The van der Waals surface area contributed by atoms with E-state index in [4.69, 9.17) is 71.1 Å². The molecule has 44 heteroatoms. The molecule has 44 nitrogen and oxygen atoms in total. The van der Waals surface area contributed by atoms with Crippen molar-refractivity contribution in [3.63, 3.8) is 0 Å². The number of nitrogens with zero attached hydrogens (tertiary/aromatic N) is 1. The fourth-order valence-electron chi connectivity index (χ4n) is 22.4. The Morgan fingerprint density at radius 2 is 0.780 bits per heavy atom. The molecule has 18 N–H and O–H groups in total. The third kappa shape index (κ3) is 46.7. The normalized spacial score (nSPS) is 28.2. The topological polar surface area (TPSA) is 603 Å². The van der Waals surface area contributed by atoms with Crippen LogP contribution in [0, 0.1) is 46.3 Å². The lowest BCUT2D eigenvalue weighted by Crippen LogP contribution is -2.64. The Morgan fingerprint density at radius 1 is 0.393 bits per heavy atom. The van der Waals surface area contributed by atoms with E-state index in [1.165, 1.54) is 135 Å². The Morgan fingerprint density at radius 3 is 1.21 bits per heavy atom. The zero-order valence-electron chi connectivity index (χ0n) is 90.7. The summed E-state index contributed by atoms with van der Waals surface area (Å²) < 4.78 is 85.9. The van der Waals surface area contributed by atoms with E-state index >= 15 is 0 Å². The van der Waals surface area contributed by atoms with Crippen LogP contribution < -0.4 is 47.9 Å². The average Bonchev–Trinajstić information content (AvgIpc) is 1.50. The summed E-state index contributed by atoms with van der Waals surface area (Å²) in [5, 5.41) is 117. The molecule has 4 saturated carbocycles. The summed E-state index contributed by atoms with van der Waals surface area (Å²) >= 11 is 0. The SMILES string of the molecule is CCCCCCCC/C=C\CCCCCCCC(=O)N[C@H]1CC[C@@]2(C)C(CCC3C2CC[C@@]2(C)C3CC[C@@H]2[C@H](C)CCC(=O)N(C)CC(=O)NCCCCCC(=O)NC(COCCC(=O)NCCOCCOCCOC2OC(CO)C(O)C(O)C2NC(C)=O)(COCCC(=O)NCCOCCOCCOC2OC(CO)C(O)C(O)C2NC(C)=O)COCCC(=O)NCCOCCOCCOC2OC(CO)C(O)C(O)C2NC(C)=O)C1. The molecule has 4 aliphatic carbocycles. The first-order chi connectivity index (χ1) is 72.2. The van der Waals surface area contributed by atoms with Crippen molar-refractivity contribution in [2.75, 3.05) is 198 Å². The molecule has 24 atom stereocenters. The number of rotatable bonds is 80. The van der Waals surface area contributed by atoms with Crippen molar-refractivity contribution in [3.8, 4) is 0 Å². The van der Waals surface area contributed by atoms with Gasteiger partial charge in [-0.15, -0.1) is 0 Å². The lowest BCUT2D eigenvalue weighted by molar-refractivity contribution is -0.272. The van der Waals surface area contributed by atoms with E-state index in [0.717, 1.165) is 38.5 Å². The fraction of sp³-hybridized carbons (Fsp3) is 0.887. The van der Waals surface area contributed by atoms with Gasteiger partial charge in [0.25, 0.3) is 0 Å². The molecule has 3 aliphatic heterocycles. The summed E-state index contributed by atoms with van der Waals surface area (Å²) in [6.07, 6.45) is 18.3. The first-order valence-electron chi connectivity index (χ1n) is 55.5. The Bertz CT molecular complexity index is 3640. The summed E-state index contributed by atoms with van der Waals surface area (Å²) in [7, 11) is 1.67. The Kier molecular flexibility index (Phi) is 63.6. The summed E-state index contributed by atoms with van der Waals surface area (Å²) in [4.78, 5) is 131. The van der Waals surface area contributed by atoms with Crippen LogP contribution in [0.5, 0.6) is 0 Å². The summed E-state index contributed by atoms with van der Waals surface area (Å²) in [5.41, 5.74) is -0.983. The number of aliphatic hydroxyl groups excluding tert-OH is 9. The Labute approximate surface area is 887 Å². The highest BCUT2D eigenvalue weighted by Crippen LogP contribution is 2.68. The fourth-order valence-corrected chi connectivity index (χ4v) is 22.4. The minimum Gasteiger partial charge on any atom is -0.394 e. The van der Waals surface area contributed by atoms with Gasteiger partial charge >= 0.3 is 0 Å². The molecule has 0 aromatic rings. The number of hydrogen-bond acceptors (Lipinski definition) is 34. The van der Waals surface area contributed by atoms with Gasteiger partial charge in [-0.3, -0.25) is 47.9 Å². The second-order valence-electron chi connectivity index (χ2n) is 42.1. The molecule has 7 fully saturated rings. The molecule has 866 valence electrons. The smallest absolute Gasteiger partial charge is 0.239 e. The van der Waals surface area contributed by atoms with Crippen LogP contribution in [0.4, 0.5) is 0 Å². The molecule has 0 aromatic carbocycles. The highest BCUT2D eigenvalue weighted by Gasteiger charge is 2.61. The highest BCUT2D eigenvalue weighted by molar-refractivity contribution is 5.84. The van der Waals surface area contributed by atoms with Gasteiger partial charge in [-0.05, 0) is 155 Å². The molecular weight excluding hydrogens is 1960 g/mol. The van der Waals surface area contributed by atoms with Crippen molar-refractivity contribution < 1.29 is 165 Å². The number of likely N-dealkylation sites (N-methyl/N-ethyl adjacent to an activating group) is 1. The summed E-state index contributed by atoms with van der Waals surface area (Å²) in [5.74, 6) is 0.264. The van der Waals surface area contributed by atoms with Gasteiger partial charge < -0.3 is 170 Å². The molecule has 10 amide bonds. The van der Waals surface area contributed by atoms with E-state index in [1.54, 1.807) is 7.05 Å². The number of nitrogens with one attached hydrogen (secondary N) is 9. The van der Waals surface area contributed by atoms with Crippen LogP contribution in [0.25, 0.3) is 0 Å². The Balaban J connectivity index is 0.860. The van der Waals surface area contributed by atoms with Crippen molar-refractivity contribution in [3.05, 3.63) is 12.2 Å². The van der Waals surface area contributed by atoms with Gasteiger partial charge in [-0.1, -0.05) is 97.6 Å². The lowest BCUT2D eigenvalue weighted by atomic mass is 9.44. The highest BCUT2D eigenvalue weighted by atomic mass is 16.7. The van der Waals surface area contributed by atoms with Gasteiger partial charge in [0, 0.05) is 98.6 Å². The minimum absolute atomic E-state index is 0.00209. The predicted octanol–water partition coefficient (Wildman–Crippen LogP) is 2.12. The maximum absolute atomic E-state index is 14.3. The van der Waals surface area contributed by atoms with E-state index < -0.39 is 159 Å². The molecule has 3 saturated heterocycles. The molecule has 7 aliphatic rings. The maximum Gasteiger partial charge on any atom is 0.239 e. The number of unbranched alkanes of at least 4 members (excludes halogenated alkanes) is 13. The van der Waals surface area contributed by atoms with E-state index in [1.807, 2.05) is 0 Å². The molecule has 0 spiro atoms. The number of ether oxygens (including phenoxy) is 15. The molecule has 0 aromatic heterocycles. The van der Waals surface area contributed by atoms with E-state index in [-0.39, 0.29) is 225 Å². The van der Waals surface area contributed by atoms with Crippen LogP contribution in [0.1, 0.15) is 254 Å². The number of carbonyl (C=O) groups excluding carboxylic acids is 10. The van der Waals surface area contributed by atoms with Crippen molar-refractivity contribution in [1.29, 1.82) is 0 Å². The third-order valence-electron chi connectivity index (χ3n) is 30.5. The van der Waals surface area contributed by atoms with Crippen molar-refractivity contribution in [2.24, 2.45) is 46.3 Å². The number of hydrogen-bond donors (Lipinski definition) is 18. The summed E-state index contributed by atoms with van der Waals surface area (Å²) in [6, 6.07) is -3.08. The molecular formula is C106H188N10O34. The first kappa shape index (κ1) is 130. The van der Waals surface area contributed by atoms with Gasteiger partial charge in [-0.2, -0.15) is 0 Å². The van der Waals surface area contributed by atoms with E-state index in [9.17, 15) is 93.9 Å². The summed E-state index contributed by atoms with van der Waals surface area (Å²) in [6.45, 7) is 11.9. The van der Waals surface area contributed by atoms with Gasteiger partial charge in [-0.25, -0.2) is 0 Å². The number of allylic oxidation sites excluding steroid dienone is 2. The monoisotopic (exact) mass is 2150 g/mol. The van der Waals surface area contributed by atoms with Crippen LogP contribution in [-0.4, -0.2) is 412 Å². The third-order valence-corrected chi connectivity index (χ3v) is 30.5. The average molecular weight is 2150 g/mol. The first-order valence-corrected chi connectivity index (χ1v) is 55.5. The molecule has 19 unspecified atom stereocenters. The standard InChI is InChI=1S/C106H188N10O34/c1-9-10-11-12-13-14-15-16-17-18-19-20-21-22-24-27-88(126)114-77-35-40-104(6)76(64-77)30-31-78-80-33-32-79(105(80,7)41-36-81(78)104)72(2)29-34-91(129)116(8)65-90(128)107-42-26-23-25-28-89(127)115-106(69-142-46-37-85(123)108-43-49-136-52-55-139-58-61-145-101-92(111-73(3)120)98(133)95(130)82(66-117)148-101,70-143-47-38-86(124)109-44-50-137-53-56-140-59-62-146-102-93(112-74(4)121)99(134)96(131)83(67-118)149-102)71-144-48-39-87(125)110-45-51-138-54-57-141-60-63-147-103-94(113-75(5)122)100(135)97(132)84(68-119)150-103/h16-17,72,76-84,92-103,117-119,130-135H,9-15,18-71H2,1-8H3,(H,107,128)(H,108,123)(H,109,124)(H,110,125)(H,111,120)(H,112,121)(H,113,122)(H,114,126)(H,115,127)/b17-16-/t72-,76?,77+,78?,79-,80?,81?,82?,83?,84?,92?,93?,94?,95?,96?,97?,98?,99?,100?,101?,102?,103?,104+,105-,106?/m1/s1. The second-order valence-corrected chi connectivity index (χ2v) is 42.1. The maximum atomic E-state index is 14.3. The molecule has 0 radical (unpaired) electrons. The lowest BCUT2D eigenvalue weighted by Gasteiger charge is -2.61. The van der Waals surface area contributed by atoms with Crippen molar-refractivity contribution in [2.45, 2.75) is 357 Å². The number of carbonyl (C=O) groups is 10.